The fourth-order valence-corrected chi connectivity index (χ4v) is 8.42. The Labute approximate surface area is 216 Å². The fourth-order valence-electron chi connectivity index (χ4n) is 8.42. The maximum atomic E-state index is 15.7. The summed E-state index contributed by atoms with van der Waals surface area (Å²) in [5, 5.41) is 0. The summed E-state index contributed by atoms with van der Waals surface area (Å²) in [5.74, 6) is -0.0969. The van der Waals surface area contributed by atoms with E-state index >= 15 is 8.78 Å². The molecule has 3 atom stereocenters. The lowest BCUT2D eigenvalue weighted by Crippen LogP contribution is -2.47. The van der Waals surface area contributed by atoms with E-state index in [0.717, 1.165) is 11.1 Å². The van der Waals surface area contributed by atoms with E-state index in [-0.39, 0.29) is 5.92 Å². The molecule has 3 heteroatoms. The molecule has 0 aromatic heterocycles. The zero-order valence-electron chi connectivity index (χ0n) is 22.1. The summed E-state index contributed by atoms with van der Waals surface area (Å²) in [6.07, 6.45) is 11.5. The average Bonchev–Trinajstić information content (AvgIpc) is 3.57. The molecular weight excluding hydrogens is 450 g/mol. The molecule has 1 aliphatic heterocycles. The molecule has 3 unspecified atom stereocenters. The number of hydrogen-bond donors (Lipinski definition) is 0. The Balaban J connectivity index is 1.13. The van der Waals surface area contributed by atoms with Crippen molar-refractivity contribution < 1.29 is 13.5 Å². The zero-order valence-corrected chi connectivity index (χ0v) is 22.1. The molecule has 1 heterocycles. The van der Waals surface area contributed by atoms with Crippen molar-refractivity contribution in [2.24, 2.45) is 5.41 Å². The van der Waals surface area contributed by atoms with E-state index in [1.807, 2.05) is 37.3 Å². The molecular formula is C33H42F2O. The monoisotopic (exact) mass is 492 g/mol. The molecule has 0 amide bonds. The van der Waals surface area contributed by atoms with E-state index in [1.54, 1.807) is 0 Å². The van der Waals surface area contributed by atoms with E-state index in [0.29, 0.717) is 23.7 Å². The highest BCUT2D eigenvalue weighted by molar-refractivity contribution is 5.39. The Bertz CT molecular complexity index is 1030. The first-order chi connectivity index (χ1) is 17.4. The molecule has 1 spiro atoms. The molecule has 7 rings (SSSR count). The van der Waals surface area contributed by atoms with Crippen LogP contribution in [-0.4, -0.2) is 17.9 Å². The van der Waals surface area contributed by atoms with E-state index in [2.05, 4.69) is 31.2 Å². The molecule has 5 aliphatic rings. The fraction of sp³-hybridized carbons (Fsp3) is 0.636. The molecule has 0 radical (unpaired) electrons. The maximum Gasteiger partial charge on any atom is 0.164 e. The lowest BCUT2D eigenvalue weighted by molar-refractivity contribution is 0.0292. The van der Waals surface area contributed by atoms with Crippen molar-refractivity contribution in [2.75, 3.05) is 0 Å². The highest BCUT2D eigenvalue weighted by atomic mass is 19.1. The number of benzene rings is 2. The average molecular weight is 493 g/mol. The number of hydrogen-bond acceptors (Lipinski definition) is 1. The molecule has 1 nitrogen and oxygen atoms in total. The third kappa shape index (κ3) is 3.70. The number of unbranched alkanes of at least 4 members (excludes halogenated alkanes) is 2. The molecule has 1 saturated heterocycles. The van der Waals surface area contributed by atoms with Crippen LogP contribution in [0.25, 0.3) is 0 Å². The maximum absolute atomic E-state index is 15.7. The topological polar surface area (TPSA) is 12.5 Å². The van der Waals surface area contributed by atoms with Crippen molar-refractivity contribution in [1.29, 1.82) is 0 Å². The first-order valence-electron chi connectivity index (χ1n) is 14.5. The van der Waals surface area contributed by atoms with Gasteiger partial charge in [-0.25, -0.2) is 8.78 Å². The van der Waals surface area contributed by atoms with E-state index in [1.165, 1.54) is 69.8 Å². The molecule has 5 fully saturated rings. The van der Waals surface area contributed by atoms with Gasteiger partial charge in [0.25, 0.3) is 0 Å². The van der Waals surface area contributed by atoms with Crippen molar-refractivity contribution >= 4 is 0 Å². The molecule has 194 valence electrons. The Morgan fingerprint density at radius 1 is 0.778 bits per heavy atom. The number of fused-ring (bicyclic) bond motifs is 3. The second kappa shape index (κ2) is 8.93. The molecule has 2 bridgehead atoms. The highest BCUT2D eigenvalue weighted by Gasteiger charge is 2.77. The number of epoxide rings is 1. The summed E-state index contributed by atoms with van der Waals surface area (Å²) < 4.78 is 37.3. The van der Waals surface area contributed by atoms with Crippen molar-refractivity contribution in [3.05, 3.63) is 71.3 Å². The van der Waals surface area contributed by atoms with Crippen molar-refractivity contribution in [2.45, 2.75) is 126 Å². The van der Waals surface area contributed by atoms with E-state index < -0.39 is 23.5 Å². The lowest BCUT2D eigenvalue weighted by Gasteiger charge is -2.54. The summed E-state index contributed by atoms with van der Waals surface area (Å²) >= 11 is 0. The third-order valence-electron chi connectivity index (χ3n) is 11.0. The summed E-state index contributed by atoms with van der Waals surface area (Å²) in [6, 6.07) is 18.5. The minimum absolute atomic E-state index is 0.0969. The van der Waals surface area contributed by atoms with Crippen LogP contribution in [0.1, 0.15) is 114 Å². The third-order valence-corrected chi connectivity index (χ3v) is 11.0. The minimum Gasteiger partial charge on any atom is -0.351 e. The molecule has 4 saturated carbocycles. The predicted molar refractivity (Wildman–Crippen MR) is 142 cm³/mol. The number of ether oxygens (including phenoxy) is 1. The second-order valence-electron chi connectivity index (χ2n) is 12.8. The Morgan fingerprint density at radius 2 is 1.39 bits per heavy atom. The van der Waals surface area contributed by atoms with Gasteiger partial charge in [0.2, 0.25) is 0 Å². The van der Waals surface area contributed by atoms with Gasteiger partial charge >= 0.3 is 0 Å². The van der Waals surface area contributed by atoms with Crippen LogP contribution in [0.15, 0.2) is 54.6 Å². The van der Waals surface area contributed by atoms with Crippen LogP contribution >= 0.6 is 0 Å². The molecule has 2 aromatic rings. The van der Waals surface area contributed by atoms with Crippen LogP contribution in [0.4, 0.5) is 8.78 Å². The van der Waals surface area contributed by atoms with Gasteiger partial charge in [-0.15, -0.1) is 0 Å². The van der Waals surface area contributed by atoms with Gasteiger partial charge in [-0.1, -0.05) is 80.8 Å². The van der Waals surface area contributed by atoms with Crippen LogP contribution in [-0.2, 0) is 15.8 Å². The first-order valence-corrected chi connectivity index (χ1v) is 14.5. The van der Waals surface area contributed by atoms with Crippen molar-refractivity contribution in [3.8, 4) is 0 Å². The van der Waals surface area contributed by atoms with Gasteiger partial charge in [0.05, 0.1) is 0 Å². The largest absolute Gasteiger partial charge is 0.351 e. The van der Waals surface area contributed by atoms with Crippen molar-refractivity contribution in [3.63, 3.8) is 0 Å². The summed E-state index contributed by atoms with van der Waals surface area (Å²) in [5.41, 5.74) is 2.12. The van der Waals surface area contributed by atoms with Gasteiger partial charge in [-0.2, -0.15) is 0 Å². The van der Waals surface area contributed by atoms with Gasteiger partial charge in [0.1, 0.15) is 17.9 Å². The number of rotatable bonds is 7. The van der Waals surface area contributed by atoms with Crippen LogP contribution in [0.2, 0.25) is 0 Å². The smallest absolute Gasteiger partial charge is 0.164 e. The zero-order chi connectivity index (χ0) is 25.0. The van der Waals surface area contributed by atoms with Gasteiger partial charge in [-0.3, -0.25) is 0 Å². The van der Waals surface area contributed by atoms with Gasteiger partial charge in [0.15, 0.2) is 5.60 Å². The molecule has 4 aliphatic carbocycles. The minimum atomic E-state index is -1.34. The Kier molecular flexibility index (Phi) is 6.10. The number of halogens is 2. The first kappa shape index (κ1) is 24.6. The van der Waals surface area contributed by atoms with Crippen LogP contribution < -0.4 is 0 Å². The van der Waals surface area contributed by atoms with Crippen molar-refractivity contribution in [1.82, 2.24) is 0 Å². The van der Waals surface area contributed by atoms with Crippen LogP contribution in [0, 0.1) is 5.41 Å². The normalized spacial score (nSPS) is 41.5. The van der Waals surface area contributed by atoms with Crippen LogP contribution in [0.3, 0.4) is 0 Å². The van der Waals surface area contributed by atoms with Crippen LogP contribution in [0.5, 0.6) is 0 Å². The summed E-state index contributed by atoms with van der Waals surface area (Å²) in [6.45, 7) is 4.14. The Hall–Kier alpha value is -1.74. The van der Waals surface area contributed by atoms with E-state index in [4.69, 9.17) is 4.74 Å². The van der Waals surface area contributed by atoms with Gasteiger partial charge < -0.3 is 4.74 Å². The SMILES string of the molecule is CCCCCC12CCC(c3ccc(C4CC(F)C5(OC5(C)c5ccccc5)C(F)C4)cc3)(CC1)CC2. The molecule has 0 N–H and O–H groups in total. The quantitative estimate of drug-likeness (QED) is 0.277. The van der Waals surface area contributed by atoms with E-state index in [9.17, 15) is 0 Å². The predicted octanol–water partition coefficient (Wildman–Crippen LogP) is 9.10. The van der Waals surface area contributed by atoms with Gasteiger partial charge in [0, 0.05) is 0 Å². The number of alkyl halides is 2. The van der Waals surface area contributed by atoms with Gasteiger partial charge in [-0.05, 0) is 98.1 Å². The standard InChI is InChI=1S/C33H42F2O/c1-3-4-8-15-31-16-19-32(20-17-31,21-18-31)27-13-11-24(12-14-27)25-22-28(34)33(29(35)23-25)30(2,36-33)26-9-6-5-7-10-26/h5-7,9-14,25,28-29H,3-4,8,15-23H2,1-2H3. The molecule has 36 heavy (non-hydrogen) atoms. The summed E-state index contributed by atoms with van der Waals surface area (Å²) in [7, 11) is 0. The summed E-state index contributed by atoms with van der Waals surface area (Å²) in [4.78, 5) is 0. The Morgan fingerprint density at radius 3 is 1.97 bits per heavy atom. The molecule has 2 aromatic carbocycles. The lowest BCUT2D eigenvalue weighted by atomic mass is 9.51. The second-order valence-corrected chi connectivity index (χ2v) is 12.8. The highest BCUT2D eigenvalue weighted by Crippen LogP contribution is 2.65.